The molecule has 2 rings (SSSR count). The number of morpholine rings is 1. The largest absolute Gasteiger partial charge is 0.497 e. The Morgan fingerprint density at radius 2 is 2.11 bits per heavy atom. The standard InChI is InChI=1S/C13H17NO4/c1-8-12(13(15)16)14-7-11(18-8)9-3-5-10(17-2)6-4-9/h3-6,8,11-12,14H,7H2,1-2H3,(H,15,16). The van der Waals surface area contributed by atoms with Gasteiger partial charge in [0, 0.05) is 6.54 Å². The van der Waals surface area contributed by atoms with Gasteiger partial charge in [-0.1, -0.05) is 12.1 Å². The third-order valence-corrected chi connectivity index (χ3v) is 3.13. The summed E-state index contributed by atoms with van der Waals surface area (Å²) in [5.74, 6) is -0.0883. The molecule has 1 aromatic rings. The Kier molecular flexibility index (Phi) is 3.84. The van der Waals surface area contributed by atoms with E-state index in [0.717, 1.165) is 11.3 Å². The SMILES string of the molecule is COc1ccc(C2CNC(C(=O)O)C(C)O2)cc1. The molecule has 1 saturated heterocycles. The molecule has 5 nitrogen and oxygen atoms in total. The van der Waals surface area contributed by atoms with Gasteiger partial charge >= 0.3 is 5.97 Å². The second kappa shape index (κ2) is 5.37. The molecule has 0 aromatic heterocycles. The fraction of sp³-hybridized carbons (Fsp3) is 0.462. The molecule has 0 saturated carbocycles. The quantitative estimate of drug-likeness (QED) is 0.844. The molecule has 0 spiro atoms. The Bertz CT molecular complexity index is 418. The normalized spacial score (nSPS) is 27.8. The molecule has 98 valence electrons. The van der Waals surface area contributed by atoms with Crippen LogP contribution in [-0.2, 0) is 9.53 Å². The molecule has 2 N–H and O–H groups in total. The third kappa shape index (κ3) is 2.63. The van der Waals surface area contributed by atoms with E-state index in [-0.39, 0.29) is 12.2 Å². The number of hydrogen-bond donors (Lipinski definition) is 2. The van der Waals surface area contributed by atoms with Crippen molar-refractivity contribution in [1.29, 1.82) is 0 Å². The summed E-state index contributed by atoms with van der Waals surface area (Å²) in [6.45, 7) is 2.26. The first-order chi connectivity index (χ1) is 8.61. The van der Waals surface area contributed by atoms with E-state index in [1.807, 2.05) is 24.3 Å². The van der Waals surface area contributed by atoms with Gasteiger partial charge in [0.1, 0.15) is 11.8 Å². The minimum atomic E-state index is -0.879. The molecule has 3 atom stereocenters. The zero-order valence-electron chi connectivity index (χ0n) is 10.4. The molecule has 0 bridgehead atoms. The lowest BCUT2D eigenvalue weighted by Crippen LogP contribution is -2.52. The van der Waals surface area contributed by atoms with E-state index in [2.05, 4.69) is 5.32 Å². The molecular weight excluding hydrogens is 234 g/mol. The number of aliphatic carboxylic acids is 1. The van der Waals surface area contributed by atoms with Crippen molar-refractivity contribution in [2.75, 3.05) is 13.7 Å². The van der Waals surface area contributed by atoms with E-state index >= 15 is 0 Å². The van der Waals surface area contributed by atoms with Gasteiger partial charge in [-0.2, -0.15) is 0 Å². The third-order valence-electron chi connectivity index (χ3n) is 3.13. The average molecular weight is 251 g/mol. The highest BCUT2D eigenvalue weighted by atomic mass is 16.5. The molecule has 1 aliphatic rings. The maximum atomic E-state index is 10.9. The van der Waals surface area contributed by atoms with Crippen LogP contribution in [0.1, 0.15) is 18.6 Å². The first-order valence-corrected chi connectivity index (χ1v) is 5.87. The summed E-state index contributed by atoms with van der Waals surface area (Å²) in [4.78, 5) is 10.9. The highest BCUT2D eigenvalue weighted by Gasteiger charge is 2.33. The second-order valence-corrected chi connectivity index (χ2v) is 4.33. The zero-order valence-corrected chi connectivity index (χ0v) is 10.4. The van der Waals surface area contributed by atoms with Gasteiger partial charge < -0.3 is 14.6 Å². The minimum Gasteiger partial charge on any atom is -0.497 e. The number of benzene rings is 1. The van der Waals surface area contributed by atoms with Crippen molar-refractivity contribution in [3.8, 4) is 5.75 Å². The summed E-state index contributed by atoms with van der Waals surface area (Å²) in [7, 11) is 1.62. The number of carboxylic acid groups (broad SMARTS) is 1. The van der Waals surface area contributed by atoms with Crippen LogP contribution in [0, 0.1) is 0 Å². The van der Waals surface area contributed by atoms with Gasteiger partial charge in [0.2, 0.25) is 0 Å². The summed E-state index contributed by atoms with van der Waals surface area (Å²) in [6, 6.07) is 6.96. The first-order valence-electron chi connectivity index (χ1n) is 5.87. The molecule has 0 radical (unpaired) electrons. The van der Waals surface area contributed by atoms with Crippen molar-refractivity contribution < 1.29 is 19.4 Å². The van der Waals surface area contributed by atoms with Gasteiger partial charge in [0.25, 0.3) is 0 Å². The van der Waals surface area contributed by atoms with Gasteiger partial charge in [-0.25, -0.2) is 0 Å². The lowest BCUT2D eigenvalue weighted by atomic mass is 10.0. The number of methoxy groups -OCH3 is 1. The van der Waals surface area contributed by atoms with Crippen LogP contribution in [0.2, 0.25) is 0 Å². The summed E-state index contributed by atoms with van der Waals surface area (Å²) in [6.07, 6.45) is -0.482. The molecule has 0 aliphatic carbocycles. The van der Waals surface area contributed by atoms with Crippen LogP contribution < -0.4 is 10.1 Å². The van der Waals surface area contributed by atoms with Crippen LogP contribution in [0.5, 0.6) is 5.75 Å². The summed E-state index contributed by atoms with van der Waals surface area (Å²) >= 11 is 0. The van der Waals surface area contributed by atoms with Crippen LogP contribution in [0.3, 0.4) is 0 Å². The van der Waals surface area contributed by atoms with Crippen molar-refractivity contribution in [3.63, 3.8) is 0 Å². The number of ether oxygens (including phenoxy) is 2. The molecule has 18 heavy (non-hydrogen) atoms. The van der Waals surface area contributed by atoms with Gasteiger partial charge in [0.05, 0.1) is 19.3 Å². The Morgan fingerprint density at radius 1 is 1.44 bits per heavy atom. The van der Waals surface area contributed by atoms with Gasteiger partial charge in [-0.3, -0.25) is 10.1 Å². The fourth-order valence-corrected chi connectivity index (χ4v) is 2.09. The lowest BCUT2D eigenvalue weighted by Gasteiger charge is -2.33. The van der Waals surface area contributed by atoms with E-state index < -0.39 is 12.0 Å². The van der Waals surface area contributed by atoms with Gasteiger partial charge in [-0.15, -0.1) is 0 Å². The molecule has 3 unspecified atom stereocenters. The topological polar surface area (TPSA) is 67.8 Å². The number of carbonyl (C=O) groups is 1. The molecule has 5 heteroatoms. The van der Waals surface area contributed by atoms with Crippen molar-refractivity contribution in [2.24, 2.45) is 0 Å². The molecular formula is C13H17NO4. The van der Waals surface area contributed by atoms with Crippen molar-refractivity contribution in [2.45, 2.75) is 25.2 Å². The Hall–Kier alpha value is -1.59. The van der Waals surface area contributed by atoms with Crippen LogP contribution in [-0.4, -0.2) is 36.9 Å². The Labute approximate surface area is 106 Å². The second-order valence-electron chi connectivity index (χ2n) is 4.33. The summed E-state index contributed by atoms with van der Waals surface area (Å²) < 4.78 is 10.8. The van der Waals surface area contributed by atoms with Gasteiger partial charge in [-0.05, 0) is 24.6 Å². The van der Waals surface area contributed by atoms with E-state index in [0.29, 0.717) is 6.54 Å². The smallest absolute Gasteiger partial charge is 0.323 e. The number of rotatable bonds is 3. The van der Waals surface area contributed by atoms with E-state index in [1.165, 1.54) is 0 Å². The monoisotopic (exact) mass is 251 g/mol. The fourth-order valence-electron chi connectivity index (χ4n) is 2.09. The summed E-state index contributed by atoms with van der Waals surface area (Å²) in [5, 5.41) is 12.0. The molecule has 1 fully saturated rings. The Balaban J connectivity index is 2.05. The lowest BCUT2D eigenvalue weighted by molar-refractivity contribution is -0.149. The van der Waals surface area contributed by atoms with Gasteiger partial charge in [0.15, 0.2) is 0 Å². The number of nitrogens with one attached hydrogen (secondary N) is 1. The average Bonchev–Trinajstić information content (AvgIpc) is 2.38. The maximum absolute atomic E-state index is 10.9. The van der Waals surface area contributed by atoms with Crippen LogP contribution >= 0.6 is 0 Å². The van der Waals surface area contributed by atoms with Crippen molar-refractivity contribution >= 4 is 5.97 Å². The predicted molar refractivity (Wildman–Crippen MR) is 65.7 cm³/mol. The first kappa shape index (κ1) is 12.9. The minimum absolute atomic E-state index is 0.124. The van der Waals surface area contributed by atoms with Crippen molar-refractivity contribution in [1.82, 2.24) is 5.32 Å². The number of hydrogen-bond acceptors (Lipinski definition) is 4. The molecule has 1 aromatic carbocycles. The molecule has 1 aliphatic heterocycles. The highest BCUT2D eigenvalue weighted by molar-refractivity contribution is 5.74. The number of carboxylic acids is 1. The maximum Gasteiger partial charge on any atom is 0.323 e. The molecule has 0 amide bonds. The van der Waals surface area contributed by atoms with E-state index in [1.54, 1.807) is 14.0 Å². The molecule has 1 heterocycles. The Morgan fingerprint density at radius 3 is 2.61 bits per heavy atom. The van der Waals surface area contributed by atoms with Crippen LogP contribution in [0.25, 0.3) is 0 Å². The zero-order chi connectivity index (χ0) is 13.1. The highest BCUT2D eigenvalue weighted by Crippen LogP contribution is 2.25. The van der Waals surface area contributed by atoms with E-state index in [4.69, 9.17) is 14.6 Å². The van der Waals surface area contributed by atoms with Crippen molar-refractivity contribution in [3.05, 3.63) is 29.8 Å². The summed E-state index contributed by atoms with van der Waals surface area (Å²) in [5.41, 5.74) is 1.01. The van der Waals surface area contributed by atoms with Crippen LogP contribution in [0.15, 0.2) is 24.3 Å². The van der Waals surface area contributed by atoms with Crippen LogP contribution in [0.4, 0.5) is 0 Å². The predicted octanol–water partition coefficient (Wildman–Crippen LogP) is 1.20. The van der Waals surface area contributed by atoms with E-state index in [9.17, 15) is 4.79 Å².